The molecule has 0 heterocycles. The first-order valence-electron chi connectivity index (χ1n) is 17.2. The van der Waals surface area contributed by atoms with E-state index >= 15 is 0 Å². The molecule has 244 valence electrons. The van der Waals surface area contributed by atoms with Crippen LogP contribution in [0.4, 0.5) is 0 Å². The van der Waals surface area contributed by atoms with Gasteiger partial charge in [-0.15, -0.1) is 0 Å². The van der Waals surface area contributed by atoms with Crippen LogP contribution in [-0.4, -0.2) is 37.0 Å². The van der Waals surface area contributed by atoms with Gasteiger partial charge < -0.3 is 14.6 Å². The van der Waals surface area contributed by atoms with Gasteiger partial charge in [-0.25, -0.2) is 0 Å². The van der Waals surface area contributed by atoms with Crippen LogP contribution in [0.3, 0.4) is 0 Å². The predicted molar refractivity (Wildman–Crippen MR) is 186 cm³/mol. The lowest BCUT2D eigenvalue weighted by molar-refractivity contribution is -0.154. The molecule has 0 radical (unpaired) electrons. The molecule has 0 bridgehead atoms. The van der Waals surface area contributed by atoms with Gasteiger partial charge in [0.25, 0.3) is 0 Å². The van der Waals surface area contributed by atoms with Gasteiger partial charge in [-0.05, 0) is 83.5 Å². The largest absolute Gasteiger partial charge is 0.457 e. The maximum atomic E-state index is 12.1. The maximum absolute atomic E-state index is 12.1. The number of rotatable bonds is 30. The van der Waals surface area contributed by atoms with Crippen molar-refractivity contribution in [1.29, 1.82) is 0 Å². The molecular weight excluding hydrogens is 532 g/mol. The SMILES string of the molecule is CC/C=C\C/C=C\C/C=C\C/C=C\C/C=C\CCCCOCC(CO)OC(=O)CCCCCCC/C=C\C/C=C\CCC. The van der Waals surface area contributed by atoms with Crippen molar-refractivity contribution in [3.8, 4) is 0 Å². The Kier molecular flexibility index (Phi) is 33.7. The van der Waals surface area contributed by atoms with Crippen molar-refractivity contribution in [1.82, 2.24) is 0 Å². The number of hydrogen-bond acceptors (Lipinski definition) is 4. The summed E-state index contributed by atoms with van der Waals surface area (Å²) in [6.45, 7) is 5.02. The fourth-order valence-electron chi connectivity index (χ4n) is 4.15. The van der Waals surface area contributed by atoms with Gasteiger partial charge in [0.1, 0.15) is 6.10 Å². The van der Waals surface area contributed by atoms with Crippen molar-refractivity contribution in [2.75, 3.05) is 19.8 Å². The van der Waals surface area contributed by atoms with E-state index in [4.69, 9.17) is 9.47 Å². The third-order valence-corrected chi connectivity index (χ3v) is 6.69. The predicted octanol–water partition coefficient (Wildman–Crippen LogP) is 10.9. The number of carbonyl (C=O) groups excluding carboxylic acids is 1. The average Bonchev–Trinajstić information content (AvgIpc) is 3.01. The van der Waals surface area contributed by atoms with E-state index < -0.39 is 6.10 Å². The topological polar surface area (TPSA) is 55.8 Å². The minimum absolute atomic E-state index is 0.201. The third-order valence-electron chi connectivity index (χ3n) is 6.69. The summed E-state index contributed by atoms with van der Waals surface area (Å²) in [5.74, 6) is -0.236. The third kappa shape index (κ3) is 33.9. The average molecular weight is 597 g/mol. The Morgan fingerprint density at radius 3 is 1.58 bits per heavy atom. The molecule has 0 aliphatic carbocycles. The van der Waals surface area contributed by atoms with Crippen LogP contribution >= 0.6 is 0 Å². The molecule has 0 aromatic heterocycles. The van der Waals surface area contributed by atoms with Crippen LogP contribution in [0.5, 0.6) is 0 Å². The summed E-state index contributed by atoms with van der Waals surface area (Å²) in [6, 6.07) is 0. The Hall–Kier alpha value is -2.43. The van der Waals surface area contributed by atoms with Crippen LogP contribution in [0.1, 0.15) is 129 Å². The van der Waals surface area contributed by atoms with Crippen LogP contribution in [0.15, 0.2) is 85.1 Å². The second-order valence-corrected chi connectivity index (χ2v) is 10.8. The van der Waals surface area contributed by atoms with Crippen LogP contribution in [0.2, 0.25) is 0 Å². The smallest absolute Gasteiger partial charge is 0.306 e. The second-order valence-electron chi connectivity index (χ2n) is 10.8. The van der Waals surface area contributed by atoms with Crippen molar-refractivity contribution in [3.05, 3.63) is 85.1 Å². The maximum Gasteiger partial charge on any atom is 0.306 e. The quantitative estimate of drug-likeness (QED) is 0.0509. The van der Waals surface area contributed by atoms with Gasteiger partial charge in [0, 0.05) is 13.0 Å². The van der Waals surface area contributed by atoms with E-state index in [1.165, 1.54) is 25.7 Å². The Labute approximate surface area is 265 Å². The number of esters is 1. The summed E-state index contributed by atoms with van der Waals surface area (Å²) in [7, 11) is 0. The monoisotopic (exact) mass is 596 g/mol. The van der Waals surface area contributed by atoms with Gasteiger partial charge in [-0.2, -0.15) is 0 Å². The Balaban J connectivity index is 3.62. The van der Waals surface area contributed by atoms with E-state index in [2.05, 4.69) is 98.9 Å². The van der Waals surface area contributed by atoms with Crippen LogP contribution in [0, 0.1) is 0 Å². The highest BCUT2D eigenvalue weighted by Crippen LogP contribution is 2.09. The number of allylic oxidation sites excluding steroid dienone is 14. The van der Waals surface area contributed by atoms with Crippen LogP contribution in [-0.2, 0) is 14.3 Å². The molecule has 0 aliphatic heterocycles. The molecule has 0 saturated carbocycles. The summed E-state index contributed by atoms with van der Waals surface area (Å²) in [6.07, 6.45) is 49.1. The molecule has 0 spiro atoms. The molecule has 0 amide bonds. The highest BCUT2D eigenvalue weighted by atomic mass is 16.6. The van der Waals surface area contributed by atoms with Gasteiger partial charge in [-0.3, -0.25) is 4.79 Å². The summed E-state index contributed by atoms with van der Waals surface area (Å²) < 4.78 is 11.0. The molecule has 1 N–H and O–H groups in total. The number of carbonyl (C=O) groups is 1. The molecule has 0 saturated heterocycles. The van der Waals surface area contributed by atoms with Crippen molar-refractivity contribution < 1.29 is 19.4 Å². The Morgan fingerprint density at radius 1 is 0.581 bits per heavy atom. The summed E-state index contributed by atoms with van der Waals surface area (Å²) in [4.78, 5) is 12.1. The van der Waals surface area contributed by atoms with E-state index in [1.807, 2.05) is 0 Å². The van der Waals surface area contributed by atoms with Crippen molar-refractivity contribution in [2.24, 2.45) is 0 Å². The first kappa shape index (κ1) is 40.6. The van der Waals surface area contributed by atoms with Gasteiger partial charge >= 0.3 is 5.97 Å². The summed E-state index contributed by atoms with van der Waals surface area (Å²) in [5.41, 5.74) is 0. The molecule has 4 nitrogen and oxygen atoms in total. The number of aliphatic hydroxyl groups excluding tert-OH is 1. The zero-order valence-corrected chi connectivity index (χ0v) is 27.7. The molecular formula is C39H64O4. The molecule has 43 heavy (non-hydrogen) atoms. The molecule has 1 unspecified atom stereocenters. The summed E-state index contributed by atoms with van der Waals surface area (Å²) in [5, 5.41) is 9.53. The fourth-order valence-corrected chi connectivity index (χ4v) is 4.15. The summed E-state index contributed by atoms with van der Waals surface area (Å²) >= 11 is 0. The lowest BCUT2D eigenvalue weighted by atomic mass is 10.1. The fraction of sp³-hybridized carbons (Fsp3) is 0.615. The zero-order chi connectivity index (χ0) is 31.3. The van der Waals surface area contributed by atoms with Crippen molar-refractivity contribution >= 4 is 5.97 Å². The van der Waals surface area contributed by atoms with E-state index in [1.54, 1.807) is 0 Å². The lowest BCUT2D eigenvalue weighted by Gasteiger charge is -2.15. The molecule has 0 aromatic carbocycles. The molecule has 4 heteroatoms. The first-order valence-corrected chi connectivity index (χ1v) is 17.2. The molecule has 0 aliphatic rings. The Bertz CT molecular complexity index is 800. The molecule has 0 fully saturated rings. The van der Waals surface area contributed by atoms with Crippen molar-refractivity contribution in [2.45, 2.75) is 136 Å². The zero-order valence-electron chi connectivity index (χ0n) is 27.7. The van der Waals surface area contributed by atoms with Gasteiger partial charge in [0.2, 0.25) is 0 Å². The molecule has 0 rings (SSSR count). The molecule has 0 aromatic rings. The van der Waals surface area contributed by atoms with Crippen LogP contribution < -0.4 is 0 Å². The number of ether oxygens (including phenoxy) is 2. The highest BCUT2D eigenvalue weighted by Gasteiger charge is 2.13. The highest BCUT2D eigenvalue weighted by molar-refractivity contribution is 5.69. The number of hydrogen-bond donors (Lipinski definition) is 1. The Morgan fingerprint density at radius 2 is 1.05 bits per heavy atom. The van der Waals surface area contributed by atoms with E-state index in [9.17, 15) is 9.90 Å². The van der Waals surface area contributed by atoms with Gasteiger partial charge in [0.05, 0.1) is 13.2 Å². The minimum atomic E-state index is -0.568. The van der Waals surface area contributed by atoms with E-state index in [0.717, 1.165) is 83.5 Å². The number of aliphatic hydroxyl groups is 1. The lowest BCUT2D eigenvalue weighted by Crippen LogP contribution is -2.27. The first-order chi connectivity index (χ1) is 21.2. The van der Waals surface area contributed by atoms with Crippen molar-refractivity contribution in [3.63, 3.8) is 0 Å². The normalized spacial score (nSPS) is 13.5. The van der Waals surface area contributed by atoms with E-state index in [0.29, 0.717) is 13.0 Å². The van der Waals surface area contributed by atoms with Crippen LogP contribution in [0.25, 0.3) is 0 Å². The standard InChI is InChI=1S/C39H64O4/c1-3-5-7-9-11-13-15-17-18-19-20-21-23-25-27-29-31-33-35-42-37-38(36-40)43-39(41)34-32-30-28-26-24-22-16-14-12-10-8-6-4-2/h5,7-8,10-11,13-14,16-18,20-21,25,27,38,40H,3-4,6,9,12,15,19,22-24,26,28-37H2,1-2H3/b7-5-,10-8-,13-11-,16-14-,18-17-,21-20-,27-25-. The number of unbranched alkanes of at least 4 members (excludes halogenated alkanes) is 8. The van der Waals surface area contributed by atoms with Gasteiger partial charge in [-0.1, -0.05) is 125 Å². The molecule has 1 atom stereocenters. The second kappa shape index (κ2) is 35.8. The minimum Gasteiger partial charge on any atom is -0.457 e. The van der Waals surface area contributed by atoms with Gasteiger partial charge in [0.15, 0.2) is 0 Å². The van der Waals surface area contributed by atoms with E-state index in [-0.39, 0.29) is 19.2 Å².